The molecule has 0 saturated carbocycles. The quantitative estimate of drug-likeness (QED) is 0.119. The predicted octanol–water partition coefficient (Wildman–Crippen LogP) is 5.86. The molecule has 2 unspecified atom stereocenters. The lowest BCUT2D eigenvalue weighted by Gasteiger charge is -2.23. The van der Waals surface area contributed by atoms with Gasteiger partial charge in [-0.05, 0) is 73.2 Å². The van der Waals surface area contributed by atoms with Crippen molar-refractivity contribution in [2.45, 2.75) is 58.0 Å². The van der Waals surface area contributed by atoms with Crippen molar-refractivity contribution >= 4 is 23.8 Å². The van der Waals surface area contributed by atoms with E-state index in [0.717, 1.165) is 11.1 Å². The Morgan fingerprint density at radius 2 is 1.06 bits per heavy atom. The number of carbonyl (C=O) groups is 4. The van der Waals surface area contributed by atoms with Crippen molar-refractivity contribution in [1.82, 2.24) is 9.80 Å². The van der Waals surface area contributed by atoms with Gasteiger partial charge in [0.1, 0.15) is 0 Å². The molecule has 2 atom stereocenters. The zero-order valence-corrected chi connectivity index (χ0v) is 30.1. The van der Waals surface area contributed by atoms with E-state index in [9.17, 15) is 19.2 Å². The van der Waals surface area contributed by atoms with Crippen molar-refractivity contribution in [1.29, 1.82) is 0 Å². The van der Waals surface area contributed by atoms with Gasteiger partial charge in [-0.3, -0.25) is 19.2 Å². The summed E-state index contributed by atoms with van der Waals surface area (Å²) >= 11 is 0. The third-order valence-corrected chi connectivity index (χ3v) is 8.80. The third-order valence-electron chi connectivity index (χ3n) is 8.80. The molecule has 0 bridgehead atoms. The van der Waals surface area contributed by atoms with Gasteiger partial charge in [0, 0.05) is 29.9 Å². The van der Waals surface area contributed by atoms with Crippen LogP contribution in [0.3, 0.4) is 0 Å². The lowest BCUT2D eigenvalue weighted by atomic mass is 10.0. The predicted molar refractivity (Wildman–Crippen MR) is 190 cm³/mol. The lowest BCUT2D eigenvalue weighted by Crippen LogP contribution is -2.31. The highest BCUT2D eigenvalue weighted by atomic mass is 16.5. The smallest absolute Gasteiger partial charge is 0.309 e. The Kier molecular flexibility index (Phi) is 13.1. The maximum atomic E-state index is 13.6. The Hall–Kier alpha value is -5.52. The van der Waals surface area contributed by atoms with Crippen molar-refractivity contribution in [2.24, 2.45) is 0 Å². The van der Waals surface area contributed by atoms with Crippen LogP contribution >= 0.6 is 0 Å². The number of aryl methyl sites for hydroxylation is 2. The molecule has 2 aromatic rings. The van der Waals surface area contributed by atoms with Crippen LogP contribution < -0.4 is 18.9 Å². The molecule has 2 amide bonds. The molecule has 2 aromatic carbocycles. The molecule has 51 heavy (non-hydrogen) atoms. The largest absolute Gasteiger partial charge is 0.493 e. The summed E-state index contributed by atoms with van der Waals surface area (Å²) in [5, 5.41) is 0. The zero-order chi connectivity index (χ0) is 37.2. The fourth-order valence-electron chi connectivity index (χ4n) is 6.02. The van der Waals surface area contributed by atoms with Crippen LogP contribution in [0.1, 0.15) is 63.9 Å². The molecule has 2 aliphatic rings. The Bertz CT molecular complexity index is 1620. The van der Waals surface area contributed by atoms with E-state index in [4.69, 9.17) is 28.4 Å². The van der Waals surface area contributed by atoms with Crippen LogP contribution in [-0.2, 0) is 19.1 Å². The second kappa shape index (κ2) is 17.4. The van der Waals surface area contributed by atoms with E-state index in [2.05, 4.69) is 13.2 Å². The van der Waals surface area contributed by atoms with Crippen molar-refractivity contribution in [3.63, 3.8) is 0 Å². The van der Waals surface area contributed by atoms with Gasteiger partial charge >= 0.3 is 11.9 Å². The Morgan fingerprint density at radius 3 is 1.39 bits per heavy atom. The number of methoxy groups -OCH3 is 4. The van der Waals surface area contributed by atoms with Crippen molar-refractivity contribution < 1.29 is 47.6 Å². The molecule has 0 aliphatic carbocycles. The van der Waals surface area contributed by atoms with Gasteiger partial charge < -0.3 is 38.2 Å². The molecule has 12 nitrogen and oxygen atoms in total. The zero-order valence-electron chi connectivity index (χ0n) is 30.1. The summed E-state index contributed by atoms with van der Waals surface area (Å²) in [6.45, 7) is 12.0. The second-order valence-corrected chi connectivity index (χ2v) is 12.2. The first-order valence-electron chi connectivity index (χ1n) is 16.5. The minimum Gasteiger partial charge on any atom is -0.493 e. The third kappa shape index (κ3) is 8.99. The monoisotopic (exact) mass is 702 g/mol. The van der Waals surface area contributed by atoms with E-state index in [1.807, 2.05) is 13.8 Å². The van der Waals surface area contributed by atoms with Crippen LogP contribution in [0.5, 0.6) is 23.0 Å². The first-order valence-corrected chi connectivity index (χ1v) is 16.5. The molecule has 0 fully saturated rings. The van der Waals surface area contributed by atoms with Crippen LogP contribution in [0.15, 0.2) is 73.1 Å². The number of esters is 2. The van der Waals surface area contributed by atoms with E-state index in [1.54, 1.807) is 58.6 Å². The minimum absolute atomic E-state index is 0.107. The van der Waals surface area contributed by atoms with Gasteiger partial charge in [0.15, 0.2) is 23.0 Å². The van der Waals surface area contributed by atoms with Crippen LogP contribution in [0.25, 0.3) is 0 Å². The molecule has 0 radical (unpaired) electrons. The number of rotatable bonds is 16. The number of hydrogen-bond acceptors (Lipinski definition) is 10. The van der Waals surface area contributed by atoms with E-state index in [-0.39, 0.29) is 48.7 Å². The number of nitrogens with zero attached hydrogens (tertiary/aromatic N) is 2. The molecule has 0 aromatic heterocycles. The van der Waals surface area contributed by atoms with Gasteiger partial charge in [-0.1, -0.05) is 12.2 Å². The molecular weight excluding hydrogens is 656 g/mol. The van der Waals surface area contributed by atoms with E-state index in [0.29, 0.717) is 77.7 Å². The van der Waals surface area contributed by atoms with Crippen LogP contribution in [-0.4, -0.2) is 87.3 Å². The average molecular weight is 703 g/mol. The highest BCUT2D eigenvalue weighted by molar-refractivity contribution is 5.98. The van der Waals surface area contributed by atoms with E-state index >= 15 is 0 Å². The fourth-order valence-corrected chi connectivity index (χ4v) is 6.02. The molecule has 2 aliphatic heterocycles. The summed E-state index contributed by atoms with van der Waals surface area (Å²) in [6.07, 6.45) is 8.49. The first kappa shape index (κ1) is 38.3. The minimum atomic E-state index is -0.367. The van der Waals surface area contributed by atoms with Crippen LogP contribution in [0, 0.1) is 13.8 Å². The lowest BCUT2D eigenvalue weighted by molar-refractivity contribution is -0.140. The number of ether oxygens (including phenoxy) is 6. The standard InChI is InChI=1S/C39H46N2O10/c1-9-28-16-26(18-36(42)48-7)22-40(28)38(44)30-20-32(46-5)34(14-24(30)3)50-12-11-13-51-35-15-25(4)31(21-33(35)47-6)39(45)41-23-27(17-29(41)10-2)19-37(43)49-8/h9-10,14-15,20-23,28-29H,1-2,11-13,16-19H2,3-8H3. The highest BCUT2D eigenvalue weighted by Gasteiger charge is 2.32. The number of carbonyl (C=O) groups excluding carboxylic acids is 4. The molecule has 4 rings (SSSR count). The van der Waals surface area contributed by atoms with Gasteiger partial charge in [-0.25, -0.2) is 0 Å². The van der Waals surface area contributed by atoms with Gasteiger partial charge in [-0.15, -0.1) is 13.2 Å². The van der Waals surface area contributed by atoms with Gasteiger partial charge in [0.25, 0.3) is 11.8 Å². The molecule has 0 saturated heterocycles. The number of benzene rings is 2. The van der Waals surface area contributed by atoms with E-state index < -0.39 is 0 Å². The summed E-state index contributed by atoms with van der Waals surface area (Å²) in [5.74, 6) is 0.549. The topological polar surface area (TPSA) is 130 Å². The van der Waals surface area contributed by atoms with Gasteiger partial charge in [0.2, 0.25) is 0 Å². The highest BCUT2D eigenvalue weighted by Crippen LogP contribution is 2.35. The summed E-state index contributed by atoms with van der Waals surface area (Å²) < 4.78 is 32.8. The number of amides is 2. The van der Waals surface area contributed by atoms with E-state index in [1.165, 1.54) is 28.4 Å². The van der Waals surface area contributed by atoms with Crippen LogP contribution in [0.2, 0.25) is 0 Å². The maximum absolute atomic E-state index is 13.6. The summed E-state index contributed by atoms with van der Waals surface area (Å²) in [5.41, 5.74) is 3.86. The normalized spacial score (nSPS) is 16.5. The van der Waals surface area contributed by atoms with Crippen molar-refractivity contribution in [3.05, 3.63) is 95.4 Å². The molecular formula is C39H46N2O10. The molecule has 12 heteroatoms. The molecule has 272 valence electrons. The summed E-state index contributed by atoms with van der Waals surface area (Å²) in [4.78, 5) is 53.9. The molecule has 0 N–H and O–H groups in total. The Labute approximate surface area is 298 Å². The first-order chi connectivity index (χ1) is 24.5. The van der Waals surface area contributed by atoms with Crippen LogP contribution in [0.4, 0.5) is 0 Å². The number of hydrogen-bond donors (Lipinski definition) is 0. The Balaban J connectivity index is 1.38. The van der Waals surface area contributed by atoms with Gasteiger partial charge in [-0.2, -0.15) is 0 Å². The van der Waals surface area contributed by atoms with Crippen molar-refractivity contribution in [2.75, 3.05) is 41.7 Å². The maximum Gasteiger partial charge on any atom is 0.309 e. The average Bonchev–Trinajstić information content (AvgIpc) is 3.74. The second-order valence-electron chi connectivity index (χ2n) is 12.2. The van der Waals surface area contributed by atoms with Gasteiger partial charge in [0.05, 0.1) is 66.6 Å². The SMILES string of the molecule is C=CC1CC(CC(=O)OC)=CN1C(=O)c1cc(OC)c(OCCCOc2cc(C)c(C(=O)N3C=C(CC(=O)OC)CC3C=C)cc2OC)cc1C. The summed E-state index contributed by atoms with van der Waals surface area (Å²) in [6, 6.07) is 6.27. The van der Waals surface area contributed by atoms with Crippen molar-refractivity contribution in [3.8, 4) is 23.0 Å². The molecule has 0 spiro atoms. The summed E-state index contributed by atoms with van der Waals surface area (Å²) in [7, 11) is 5.68. The molecule has 2 heterocycles. The fraction of sp³-hybridized carbons (Fsp3) is 0.385. The Morgan fingerprint density at radius 1 is 0.667 bits per heavy atom.